The van der Waals surface area contributed by atoms with Gasteiger partial charge in [-0.2, -0.15) is 0 Å². The van der Waals surface area contributed by atoms with Crippen molar-refractivity contribution in [3.63, 3.8) is 0 Å². The Morgan fingerprint density at radius 2 is 1.79 bits per heavy atom. The molecule has 3 N–H and O–H groups in total. The van der Waals surface area contributed by atoms with Crippen LogP contribution in [0.15, 0.2) is 47.4 Å². The molecule has 1 amide bonds. The van der Waals surface area contributed by atoms with Crippen molar-refractivity contribution in [2.45, 2.75) is 27.7 Å². The van der Waals surface area contributed by atoms with E-state index in [1.807, 2.05) is 58.2 Å². The Balaban J connectivity index is 1.85. The van der Waals surface area contributed by atoms with Crippen molar-refractivity contribution in [1.82, 2.24) is 9.88 Å². The van der Waals surface area contributed by atoms with Gasteiger partial charge in [0.05, 0.1) is 10.3 Å². The number of pyridine rings is 1. The van der Waals surface area contributed by atoms with Gasteiger partial charge >= 0.3 is 0 Å². The molecular weight excluding hydrogens is 434 g/mol. The Labute approximate surface area is 196 Å². The summed E-state index contributed by atoms with van der Waals surface area (Å²) in [7, 11) is 1.73. The number of nitrogens with one attached hydrogen (secondary N) is 1. The number of hydrogen-bond acceptors (Lipinski definition) is 5. The number of aryl methyl sites for hydroxylation is 4. The molecule has 2 aromatic heterocycles. The summed E-state index contributed by atoms with van der Waals surface area (Å²) >= 11 is 1.33. The number of amides is 1. The molecule has 4 rings (SSSR count). The number of fused-ring (bicyclic) bond motifs is 1. The fraction of sp³-hybridized carbons (Fsp3) is 0.231. The van der Waals surface area contributed by atoms with Crippen molar-refractivity contribution in [2.75, 3.05) is 12.3 Å². The number of nitrogens with zero attached hydrogens (tertiary/aromatic N) is 1. The van der Waals surface area contributed by atoms with E-state index in [1.165, 1.54) is 11.3 Å². The first kappa shape index (κ1) is 22.6. The summed E-state index contributed by atoms with van der Waals surface area (Å²) in [5, 5.41) is 3.35. The number of rotatable bonds is 5. The summed E-state index contributed by atoms with van der Waals surface area (Å²) in [6, 6.07) is 11.5. The van der Waals surface area contributed by atoms with Gasteiger partial charge < -0.3 is 20.4 Å². The van der Waals surface area contributed by atoms with Gasteiger partial charge in [-0.3, -0.25) is 9.59 Å². The SMILES string of the molecule is CCNC(=O)c1cc2c(=O)n(C)cc(-c3cc(C)cc(Oc4c(C)cc(N)cc4C)c3)c2s1. The molecular formula is C26H27N3O3S. The summed E-state index contributed by atoms with van der Waals surface area (Å²) < 4.78 is 8.64. The maximum Gasteiger partial charge on any atom is 0.261 e. The van der Waals surface area contributed by atoms with Crippen LogP contribution in [0, 0.1) is 20.8 Å². The molecule has 0 saturated carbocycles. The lowest BCUT2D eigenvalue weighted by Gasteiger charge is -2.15. The quantitative estimate of drug-likeness (QED) is 0.394. The summed E-state index contributed by atoms with van der Waals surface area (Å²) in [5.41, 5.74) is 11.3. The number of aromatic nitrogens is 1. The third-order valence-corrected chi connectivity index (χ3v) is 6.64. The van der Waals surface area contributed by atoms with E-state index in [-0.39, 0.29) is 11.5 Å². The molecule has 2 aromatic carbocycles. The molecule has 0 aliphatic heterocycles. The lowest BCUT2D eigenvalue weighted by Crippen LogP contribution is -2.21. The Bertz CT molecular complexity index is 1430. The van der Waals surface area contributed by atoms with E-state index in [1.54, 1.807) is 17.7 Å². The van der Waals surface area contributed by atoms with Crippen LogP contribution in [0.4, 0.5) is 5.69 Å². The molecule has 0 aliphatic carbocycles. The highest BCUT2D eigenvalue weighted by molar-refractivity contribution is 7.21. The lowest BCUT2D eigenvalue weighted by molar-refractivity contribution is 0.0960. The molecule has 0 fully saturated rings. The molecule has 0 saturated heterocycles. The second kappa shape index (κ2) is 8.75. The van der Waals surface area contributed by atoms with Crippen LogP contribution in [0.25, 0.3) is 21.2 Å². The maximum absolute atomic E-state index is 12.8. The average Bonchev–Trinajstić information content (AvgIpc) is 3.19. The van der Waals surface area contributed by atoms with Crippen molar-refractivity contribution in [2.24, 2.45) is 7.05 Å². The van der Waals surface area contributed by atoms with Gasteiger partial charge in [-0.05, 0) is 80.3 Å². The Morgan fingerprint density at radius 1 is 1.09 bits per heavy atom. The number of benzene rings is 2. The maximum atomic E-state index is 12.8. The molecule has 6 nitrogen and oxygen atoms in total. The number of nitrogen functional groups attached to an aromatic ring is 1. The number of hydrogen-bond donors (Lipinski definition) is 2. The van der Waals surface area contributed by atoms with Crippen molar-refractivity contribution in [3.05, 3.63) is 74.5 Å². The molecule has 0 radical (unpaired) electrons. The van der Waals surface area contributed by atoms with E-state index in [4.69, 9.17) is 10.5 Å². The number of anilines is 1. The monoisotopic (exact) mass is 461 g/mol. The van der Waals surface area contributed by atoms with Crippen LogP contribution >= 0.6 is 11.3 Å². The topological polar surface area (TPSA) is 86.3 Å². The Morgan fingerprint density at radius 3 is 2.45 bits per heavy atom. The first-order chi connectivity index (χ1) is 15.7. The minimum Gasteiger partial charge on any atom is -0.457 e. The summed E-state index contributed by atoms with van der Waals surface area (Å²) in [6.45, 7) is 8.35. The van der Waals surface area contributed by atoms with Crippen molar-refractivity contribution in [3.8, 4) is 22.6 Å². The Kier molecular flexibility index (Phi) is 5.99. The standard InChI is InChI=1S/C26H27N3O3S/c1-6-28-25(30)22-12-20-24(33-22)21(13-29(5)26(20)31)17-7-14(2)8-19(11-17)32-23-15(3)9-18(27)10-16(23)4/h7-13H,6,27H2,1-5H3,(H,28,30). The predicted octanol–water partition coefficient (Wildman–Crippen LogP) is 5.32. The molecule has 2 heterocycles. The van der Waals surface area contributed by atoms with Crippen LogP contribution in [-0.4, -0.2) is 17.0 Å². The zero-order chi connectivity index (χ0) is 23.9. The van der Waals surface area contributed by atoms with Crippen LogP contribution in [0.3, 0.4) is 0 Å². The van der Waals surface area contributed by atoms with Crippen LogP contribution in [-0.2, 0) is 7.05 Å². The Hall–Kier alpha value is -3.58. The largest absolute Gasteiger partial charge is 0.457 e. The second-order valence-corrected chi connectivity index (χ2v) is 9.34. The zero-order valence-corrected chi connectivity index (χ0v) is 20.2. The van der Waals surface area contributed by atoms with Gasteiger partial charge in [0.25, 0.3) is 11.5 Å². The normalized spacial score (nSPS) is 11.1. The molecule has 170 valence electrons. The van der Waals surface area contributed by atoms with Crippen molar-refractivity contribution >= 4 is 33.0 Å². The summed E-state index contributed by atoms with van der Waals surface area (Å²) in [4.78, 5) is 25.7. The molecule has 7 heteroatoms. The molecule has 0 aliphatic rings. The van der Waals surface area contributed by atoms with E-state index in [0.717, 1.165) is 38.3 Å². The van der Waals surface area contributed by atoms with Gasteiger partial charge in [-0.15, -0.1) is 11.3 Å². The molecule has 4 aromatic rings. The minimum absolute atomic E-state index is 0.127. The number of carbonyl (C=O) groups is 1. The van der Waals surface area contributed by atoms with Gasteiger partial charge in [0, 0.05) is 35.7 Å². The fourth-order valence-electron chi connectivity index (χ4n) is 4.04. The molecule has 0 spiro atoms. The minimum atomic E-state index is -0.172. The molecule has 33 heavy (non-hydrogen) atoms. The van der Waals surface area contributed by atoms with Gasteiger partial charge in [-0.25, -0.2) is 0 Å². The van der Waals surface area contributed by atoms with Gasteiger partial charge in [0.1, 0.15) is 11.5 Å². The van der Waals surface area contributed by atoms with E-state index in [0.29, 0.717) is 28.2 Å². The average molecular weight is 462 g/mol. The van der Waals surface area contributed by atoms with Crippen LogP contribution in [0.1, 0.15) is 33.3 Å². The lowest BCUT2D eigenvalue weighted by atomic mass is 10.0. The zero-order valence-electron chi connectivity index (χ0n) is 19.4. The summed E-state index contributed by atoms with van der Waals surface area (Å²) in [6.07, 6.45) is 1.82. The second-order valence-electron chi connectivity index (χ2n) is 8.29. The highest BCUT2D eigenvalue weighted by Crippen LogP contribution is 2.37. The van der Waals surface area contributed by atoms with Crippen LogP contribution in [0.5, 0.6) is 11.5 Å². The predicted molar refractivity (Wildman–Crippen MR) is 136 cm³/mol. The fourth-order valence-corrected chi connectivity index (χ4v) is 5.14. The van der Waals surface area contributed by atoms with Crippen LogP contribution in [0.2, 0.25) is 0 Å². The highest BCUT2D eigenvalue weighted by atomic mass is 32.1. The number of carbonyl (C=O) groups excluding carboxylic acids is 1. The van der Waals surface area contributed by atoms with Gasteiger partial charge in [-0.1, -0.05) is 6.07 Å². The van der Waals surface area contributed by atoms with Crippen molar-refractivity contribution < 1.29 is 9.53 Å². The van der Waals surface area contributed by atoms with Crippen molar-refractivity contribution in [1.29, 1.82) is 0 Å². The summed E-state index contributed by atoms with van der Waals surface area (Å²) in [5.74, 6) is 1.30. The van der Waals surface area contributed by atoms with Crippen LogP contribution < -0.4 is 21.3 Å². The van der Waals surface area contributed by atoms with Gasteiger partial charge in [0.2, 0.25) is 0 Å². The number of nitrogens with two attached hydrogens (primary N) is 1. The first-order valence-corrected chi connectivity index (χ1v) is 11.6. The first-order valence-electron chi connectivity index (χ1n) is 10.8. The molecule has 0 unspecified atom stereocenters. The number of ether oxygens (including phenoxy) is 1. The van der Waals surface area contributed by atoms with E-state index >= 15 is 0 Å². The molecule has 0 bridgehead atoms. The van der Waals surface area contributed by atoms with Gasteiger partial charge in [0.15, 0.2) is 0 Å². The van der Waals surface area contributed by atoms with E-state index in [2.05, 4.69) is 11.4 Å². The highest BCUT2D eigenvalue weighted by Gasteiger charge is 2.18. The third-order valence-electron chi connectivity index (χ3n) is 5.48. The smallest absolute Gasteiger partial charge is 0.261 e. The van der Waals surface area contributed by atoms with E-state index in [9.17, 15) is 9.59 Å². The molecule has 0 atom stereocenters. The third kappa shape index (κ3) is 4.36. The van der Waals surface area contributed by atoms with E-state index < -0.39 is 0 Å². The number of thiophene rings is 1.